The van der Waals surface area contributed by atoms with Gasteiger partial charge in [0.15, 0.2) is 11.5 Å². The lowest BCUT2D eigenvalue weighted by atomic mass is 9.77. The zero-order chi connectivity index (χ0) is 30.4. The van der Waals surface area contributed by atoms with Crippen LogP contribution < -0.4 is 20.1 Å². The van der Waals surface area contributed by atoms with Gasteiger partial charge in [-0.25, -0.2) is 0 Å². The zero-order valence-corrected chi connectivity index (χ0v) is 26.5. The van der Waals surface area contributed by atoms with E-state index in [9.17, 15) is 0 Å². The summed E-state index contributed by atoms with van der Waals surface area (Å²) in [6.45, 7) is 15.4. The molecule has 2 heterocycles. The first-order valence-electron chi connectivity index (χ1n) is 15.4. The molecule has 0 bridgehead atoms. The third-order valence-corrected chi connectivity index (χ3v) is 10.1. The minimum absolute atomic E-state index is 0.137. The minimum atomic E-state index is -0.137. The minimum Gasteiger partial charge on any atom is -0.453 e. The van der Waals surface area contributed by atoms with Crippen molar-refractivity contribution in [3.63, 3.8) is 0 Å². The summed E-state index contributed by atoms with van der Waals surface area (Å²) in [5, 5.41) is 4.65. The van der Waals surface area contributed by atoms with E-state index in [1.807, 2.05) is 23.9 Å². The maximum atomic E-state index is 6.64. The fourth-order valence-corrected chi connectivity index (χ4v) is 8.18. The molecule has 0 amide bonds. The number of nitrogens with zero attached hydrogens (tertiary/aromatic N) is 1. The van der Waals surface area contributed by atoms with E-state index in [4.69, 9.17) is 4.74 Å². The molecule has 0 unspecified atom stereocenters. The monoisotopic (exact) mass is 591 g/mol. The van der Waals surface area contributed by atoms with E-state index in [2.05, 4.69) is 136 Å². The Hall–Kier alpha value is -4.47. The zero-order valence-electron chi connectivity index (χ0n) is 25.7. The van der Waals surface area contributed by atoms with Crippen LogP contribution in [-0.4, -0.2) is 0 Å². The lowest BCUT2D eigenvalue weighted by Gasteiger charge is -2.38. The first-order chi connectivity index (χ1) is 21.4. The molecule has 0 saturated carbocycles. The highest BCUT2D eigenvalue weighted by atomic mass is 32.2. The van der Waals surface area contributed by atoms with E-state index in [0.717, 1.165) is 58.3 Å². The van der Waals surface area contributed by atoms with E-state index >= 15 is 0 Å². The number of rotatable bonds is 5. The number of para-hydroxylation sites is 2. The van der Waals surface area contributed by atoms with Crippen LogP contribution in [0.1, 0.15) is 51.2 Å². The number of fused-ring (bicyclic) bond motifs is 4. The Balaban J connectivity index is 1.49. The van der Waals surface area contributed by atoms with Crippen molar-refractivity contribution in [2.75, 3.05) is 4.90 Å². The average molecular weight is 592 g/mol. The van der Waals surface area contributed by atoms with Crippen molar-refractivity contribution in [1.29, 1.82) is 0 Å². The number of benzene rings is 5. The molecule has 218 valence electrons. The molecule has 3 heteroatoms. The van der Waals surface area contributed by atoms with Crippen LogP contribution in [-0.2, 0) is 5.41 Å². The van der Waals surface area contributed by atoms with Crippen LogP contribution >= 0.6 is 11.8 Å². The fourth-order valence-electron chi connectivity index (χ4n) is 6.77. The summed E-state index contributed by atoms with van der Waals surface area (Å²) in [5.74, 6) is 1.73. The van der Waals surface area contributed by atoms with Gasteiger partial charge in [-0.05, 0) is 87.3 Å². The van der Waals surface area contributed by atoms with Gasteiger partial charge in [0.1, 0.15) is 0 Å². The number of anilines is 3. The largest absolute Gasteiger partial charge is 0.453 e. The molecule has 0 spiro atoms. The standard InChI is InChI=1S/C41H37NOS/c1-6-14-28(15-7-2)30-16-8-9-17-31(30)32-24-29(23-22-27(32)3)42-35-19-11-12-20-37(35)43-38-25-34-40(26-36(38)42)44-39-21-13-10-18-33(39)41(34,4)5/h6,8-13,16-26H,1,3,7,14-15H2,2,4-5H3/b30-28+,32-31-. The second-order valence-electron chi connectivity index (χ2n) is 12.2. The molecule has 2 aliphatic rings. The predicted octanol–water partition coefficient (Wildman–Crippen LogP) is 10.3. The van der Waals surface area contributed by atoms with Crippen molar-refractivity contribution in [2.24, 2.45) is 0 Å². The molecule has 2 aliphatic heterocycles. The highest BCUT2D eigenvalue weighted by Gasteiger charge is 2.36. The SMILES string of the molecule is C=CC/C(CCC)=c1/cccc/c1=c1\cc(N2c3ccccc3Oc3cc4c(cc32)Sc2ccccc2C4(C)C)ccc1=C. The van der Waals surface area contributed by atoms with Crippen LogP contribution in [0.4, 0.5) is 17.1 Å². The van der Waals surface area contributed by atoms with Crippen LogP contribution in [0, 0.1) is 10.4 Å². The molecule has 5 aromatic rings. The van der Waals surface area contributed by atoms with Crippen LogP contribution in [0.3, 0.4) is 0 Å². The first kappa shape index (κ1) is 28.3. The average Bonchev–Trinajstić information content (AvgIpc) is 3.03. The lowest BCUT2D eigenvalue weighted by Crippen LogP contribution is -2.25. The Morgan fingerprint density at radius 3 is 2.41 bits per heavy atom. The quantitative estimate of drug-likeness (QED) is 0.185. The second kappa shape index (κ2) is 11.2. The number of hydrogen-bond donors (Lipinski definition) is 0. The van der Waals surface area contributed by atoms with Crippen LogP contribution in [0.2, 0.25) is 0 Å². The smallest absolute Gasteiger partial charge is 0.151 e. The Labute approximate surface area is 264 Å². The van der Waals surface area contributed by atoms with E-state index in [-0.39, 0.29) is 5.41 Å². The summed E-state index contributed by atoms with van der Waals surface area (Å²) in [4.78, 5) is 4.93. The van der Waals surface area contributed by atoms with Gasteiger partial charge in [-0.1, -0.05) is 118 Å². The van der Waals surface area contributed by atoms with E-state index < -0.39 is 0 Å². The Kier molecular flexibility index (Phi) is 7.22. The summed E-state index contributed by atoms with van der Waals surface area (Å²) in [5.41, 5.74) is 7.09. The Morgan fingerprint density at radius 1 is 0.795 bits per heavy atom. The fraction of sp³-hybridized carbons (Fsp3) is 0.171. The van der Waals surface area contributed by atoms with E-state index in [1.165, 1.54) is 36.9 Å². The molecule has 0 atom stereocenters. The Bertz CT molecular complexity index is 2140. The van der Waals surface area contributed by atoms with Gasteiger partial charge in [-0.15, -0.1) is 6.58 Å². The molecule has 0 fully saturated rings. The maximum Gasteiger partial charge on any atom is 0.151 e. The van der Waals surface area contributed by atoms with Gasteiger partial charge in [-0.3, -0.25) is 0 Å². The van der Waals surface area contributed by atoms with E-state index in [1.54, 1.807) is 0 Å². The second-order valence-corrected chi connectivity index (χ2v) is 13.3. The molecule has 0 radical (unpaired) electrons. The molecule has 0 saturated heterocycles. The normalized spacial score (nSPS) is 15.7. The summed E-state index contributed by atoms with van der Waals surface area (Å²) in [6, 6.07) is 37.1. The van der Waals surface area contributed by atoms with Gasteiger partial charge in [0.05, 0.1) is 11.4 Å². The van der Waals surface area contributed by atoms with Gasteiger partial charge >= 0.3 is 0 Å². The van der Waals surface area contributed by atoms with Crippen LogP contribution in [0.5, 0.6) is 11.5 Å². The summed E-state index contributed by atoms with van der Waals surface area (Å²) >= 11 is 1.85. The topological polar surface area (TPSA) is 12.5 Å². The third-order valence-electron chi connectivity index (χ3n) is 8.97. The van der Waals surface area contributed by atoms with E-state index in [0.29, 0.717) is 0 Å². The summed E-state index contributed by atoms with van der Waals surface area (Å²) in [7, 11) is 0. The van der Waals surface area contributed by atoms with Gasteiger partial charge in [-0.2, -0.15) is 0 Å². The molecule has 2 nitrogen and oxygen atoms in total. The van der Waals surface area contributed by atoms with Gasteiger partial charge in [0, 0.05) is 20.9 Å². The molecule has 0 aliphatic carbocycles. The molecule has 7 rings (SSSR count). The lowest BCUT2D eigenvalue weighted by molar-refractivity contribution is 0.472. The van der Waals surface area contributed by atoms with Gasteiger partial charge in [0.2, 0.25) is 0 Å². The molecular formula is C41H37NOS. The number of ether oxygens (including phenoxy) is 1. The molecule has 0 N–H and O–H groups in total. The molecule has 0 aromatic heterocycles. The maximum absolute atomic E-state index is 6.64. The highest BCUT2D eigenvalue weighted by molar-refractivity contribution is 7.99. The Morgan fingerprint density at radius 2 is 1.57 bits per heavy atom. The molecular weight excluding hydrogens is 555 g/mol. The highest BCUT2D eigenvalue weighted by Crippen LogP contribution is 2.56. The molecule has 44 heavy (non-hydrogen) atoms. The van der Waals surface area contributed by atoms with Crippen molar-refractivity contribution < 1.29 is 4.74 Å². The van der Waals surface area contributed by atoms with Gasteiger partial charge < -0.3 is 9.64 Å². The molecule has 5 aromatic carbocycles. The van der Waals surface area contributed by atoms with Crippen molar-refractivity contribution in [3.05, 3.63) is 148 Å². The first-order valence-corrected chi connectivity index (χ1v) is 16.3. The van der Waals surface area contributed by atoms with Crippen LogP contribution in [0.15, 0.2) is 126 Å². The van der Waals surface area contributed by atoms with Gasteiger partial charge in [0.25, 0.3) is 0 Å². The summed E-state index contributed by atoms with van der Waals surface area (Å²) < 4.78 is 6.64. The van der Waals surface area contributed by atoms with Crippen molar-refractivity contribution in [2.45, 2.75) is 55.2 Å². The number of allylic oxidation sites excluding steroid dienone is 1. The number of hydrogen-bond acceptors (Lipinski definition) is 3. The van der Waals surface area contributed by atoms with Crippen molar-refractivity contribution in [1.82, 2.24) is 0 Å². The van der Waals surface area contributed by atoms with Crippen LogP contribution in [0.25, 0.3) is 12.2 Å². The predicted molar refractivity (Wildman–Crippen MR) is 186 cm³/mol. The van der Waals surface area contributed by atoms with Crippen molar-refractivity contribution >= 4 is 41.0 Å². The van der Waals surface area contributed by atoms with Crippen molar-refractivity contribution in [3.8, 4) is 11.5 Å². The summed E-state index contributed by atoms with van der Waals surface area (Å²) in [6.07, 6.45) is 5.04. The third kappa shape index (κ3) is 4.67.